The van der Waals surface area contributed by atoms with Gasteiger partial charge in [-0.2, -0.15) is 0 Å². The molecule has 1 nitrogen and oxygen atoms in total. The van der Waals surface area contributed by atoms with E-state index in [2.05, 4.69) is 6.92 Å². The van der Waals surface area contributed by atoms with Crippen molar-refractivity contribution in [3.8, 4) is 0 Å². The van der Waals surface area contributed by atoms with Crippen molar-refractivity contribution in [1.82, 2.24) is 0 Å². The zero-order valence-electron chi connectivity index (χ0n) is 4.65. The van der Waals surface area contributed by atoms with Crippen molar-refractivity contribution in [2.75, 3.05) is 6.61 Å². The average molecular weight is 100 g/mol. The Bertz CT molecular complexity index is 23.4. The molecule has 0 aromatic heterocycles. The van der Waals surface area contributed by atoms with E-state index in [4.69, 9.17) is 0 Å². The van der Waals surface area contributed by atoms with Crippen molar-refractivity contribution in [1.29, 1.82) is 0 Å². The molecule has 0 amide bonds. The van der Waals surface area contributed by atoms with Crippen LogP contribution in [0, 0.1) is 6.92 Å². The Hall–Kier alpha value is -0.170. The molecule has 42 valence electrons. The third-order valence-corrected chi connectivity index (χ3v) is 0.894. The number of hydrogen-bond donors (Lipinski definition) is 0. The van der Waals surface area contributed by atoms with Gasteiger partial charge in [-0.3, -0.25) is 0 Å². The molecule has 0 bridgehead atoms. The van der Waals surface area contributed by atoms with Crippen LogP contribution in [0.5, 0.6) is 0 Å². The first-order chi connectivity index (χ1) is 3.41. The van der Waals surface area contributed by atoms with E-state index in [0.29, 0.717) is 0 Å². The van der Waals surface area contributed by atoms with Crippen LogP contribution in [0.3, 0.4) is 0 Å². The second kappa shape index (κ2) is 5.83. The van der Waals surface area contributed by atoms with Crippen molar-refractivity contribution in [2.24, 2.45) is 0 Å². The molecular weight excluding hydrogens is 88.1 g/mol. The third kappa shape index (κ3) is 5.83. The van der Waals surface area contributed by atoms with Gasteiger partial charge in [-0.1, -0.05) is 12.8 Å². The maximum atomic E-state index is 9.78. The fourth-order valence-corrected chi connectivity index (χ4v) is 0.456. The molecule has 0 saturated carbocycles. The Kier molecular flexibility index (Phi) is 5.69. The highest BCUT2D eigenvalue weighted by molar-refractivity contribution is 4.41. The summed E-state index contributed by atoms with van der Waals surface area (Å²) in [7, 11) is 0. The average Bonchev–Trinajstić information content (AvgIpc) is 1.69. The van der Waals surface area contributed by atoms with E-state index < -0.39 is 0 Å². The minimum Gasteiger partial charge on any atom is -0.854 e. The Labute approximate surface area is 45.4 Å². The van der Waals surface area contributed by atoms with Crippen molar-refractivity contribution in [2.45, 2.75) is 25.7 Å². The molecule has 0 N–H and O–H groups in total. The molecule has 0 rings (SSSR count). The smallest absolute Gasteiger partial charge is 0.0850 e. The minimum absolute atomic E-state index is 0.0833. The monoisotopic (exact) mass is 100 g/mol. The molecule has 1 heteroatoms. The van der Waals surface area contributed by atoms with E-state index in [1.54, 1.807) is 0 Å². The van der Waals surface area contributed by atoms with Crippen molar-refractivity contribution in [3.63, 3.8) is 0 Å². The summed E-state index contributed by atoms with van der Waals surface area (Å²) in [6.07, 6.45) is 3.98. The van der Waals surface area contributed by atoms with Crippen LogP contribution >= 0.6 is 0 Å². The molecule has 0 radical (unpaired) electrons. The lowest BCUT2D eigenvalue weighted by atomic mass is 10.2. The van der Waals surface area contributed by atoms with E-state index in [0.717, 1.165) is 25.7 Å². The first-order valence-electron chi connectivity index (χ1n) is 2.79. The Balaban J connectivity index is 2.45. The van der Waals surface area contributed by atoms with E-state index in [1.807, 2.05) is 0 Å². The van der Waals surface area contributed by atoms with Gasteiger partial charge in [0.2, 0.25) is 0 Å². The maximum absolute atomic E-state index is 9.78. The van der Waals surface area contributed by atoms with Crippen molar-refractivity contribution >= 4 is 0 Å². The lowest BCUT2D eigenvalue weighted by molar-refractivity contribution is -0.368. The summed E-state index contributed by atoms with van der Waals surface area (Å²) in [6, 6.07) is 0. The van der Waals surface area contributed by atoms with Gasteiger partial charge in [-0.15, -0.1) is 6.61 Å². The van der Waals surface area contributed by atoms with Gasteiger partial charge in [0.05, 0.1) is 13.3 Å². The molecule has 7 heavy (non-hydrogen) atoms. The first kappa shape index (κ1) is 6.83. The molecule has 0 aromatic rings. The van der Waals surface area contributed by atoms with Gasteiger partial charge in [0, 0.05) is 0 Å². The fourth-order valence-electron chi connectivity index (χ4n) is 0.456. The lowest BCUT2D eigenvalue weighted by Crippen LogP contribution is -2.04. The van der Waals surface area contributed by atoms with E-state index >= 15 is 0 Å². The first-order valence-corrected chi connectivity index (χ1v) is 2.79. The number of rotatable bonds is 4. The maximum Gasteiger partial charge on any atom is 0.0850 e. The zero-order valence-corrected chi connectivity index (χ0v) is 4.65. The van der Waals surface area contributed by atoms with E-state index in [-0.39, 0.29) is 6.61 Å². The van der Waals surface area contributed by atoms with Crippen LogP contribution in [0.4, 0.5) is 0 Å². The summed E-state index contributed by atoms with van der Waals surface area (Å²) in [5, 5.41) is 9.78. The van der Waals surface area contributed by atoms with E-state index in [9.17, 15) is 5.11 Å². The van der Waals surface area contributed by atoms with Gasteiger partial charge < -0.3 is 5.11 Å². The molecule has 0 atom stereocenters. The Morgan fingerprint density at radius 2 is 1.86 bits per heavy atom. The van der Waals surface area contributed by atoms with Crippen molar-refractivity contribution < 1.29 is 5.11 Å². The summed E-state index contributed by atoms with van der Waals surface area (Å²) >= 11 is 0. The van der Waals surface area contributed by atoms with Gasteiger partial charge in [0.1, 0.15) is 0 Å². The summed E-state index contributed by atoms with van der Waals surface area (Å²) in [4.78, 5) is 0. The van der Waals surface area contributed by atoms with Crippen LogP contribution in [0.1, 0.15) is 25.7 Å². The molecule has 0 unspecified atom stereocenters. The predicted molar refractivity (Wildman–Crippen MR) is 28.7 cm³/mol. The molecule has 0 aromatic carbocycles. The molecule has 0 spiro atoms. The molecule has 0 fully saturated rings. The van der Waals surface area contributed by atoms with Crippen LogP contribution in [-0.2, 0) is 0 Å². The highest BCUT2D eigenvalue weighted by Gasteiger charge is 1.81. The number of hydrogen-bond acceptors (Lipinski definition) is 1. The minimum atomic E-state index is 0.0833. The topological polar surface area (TPSA) is 23.1 Å². The van der Waals surface area contributed by atoms with Crippen LogP contribution in [0.2, 0.25) is 0 Å². The largest absolute Gasteiger partial charge is 0.854 e. The fraction of sp³-hybridized carbons (Fsp3) is 0.833. The van der Waals surface area contributed by atoms with Gasteiger partial charge in [-0.05, 0) is 6.42 Å². The normalized spacial score (nSPS) is 9.29. The Morgan fingerprint density at radius 1 is 1.14 bits per heavy atom. The zero-order chi connectivity index (χ0) is 5.54. The standard InChI is InChI=1S/C6H12O/c1-2-3-4-5-6-7/h1-6H2. The SMILES string of the molecule is [CH2+]CCCCC[O-]. The van der Waals surface area contributed by atoms with Crippen LogP contribution < -0.4 is 5.11 Å². The van der Waals surface area contributed by atoms with E-state index in [1.165, 1.54) is 0 Å². The summed E-state index contributed by atoms with van der Waals surface area (Å²) in [5.74, 6) is 0. The van der Waals surface area contributed by atoms with Crippen LogP contribution in [0.15, 0.2) is 0 Å². The summed E-state index contributed by atoms with van der Waals surface area (Å²) in [5.41, 5.74) is 0. The van der Waals surface area contributed by atoms with Gasteiger partial charge in [0.15, 0.2) is 0 Å². The molecule has 0 heterocycles. The lowest BCUT2D eigenvalue weighted by Gasteiger charge is -1.98. The van der Waals surface area contributed by atoms with Gasteiger partial charge >= 0.3 is 0 Å². The Morgan fingerprint density at radius 3 is 2.29 bits per heavy atom. The second-order valence-electron chi connectivity index (χ2n) is 1.62. The third-order valence-electron chi connectivity index (χ3n) is 0.894. The highest BCUT2D eigenvalue weighted by atomic mass is 16.2. The van der Waals surface area contributed by atoms with Crippen LogP contribution in [0.25, 0.3) is 0 Å². The van der Waals surface area contributed by atoms with Gasteiger partial charge in [0.25, 0.3) is 0 Å². The molecular formula is C6H12O. The number of unbranched alkanes of at least 4 members (excludes halogenated alkanes) is 3. The predicted octanol–water partition coefficient (Wildman–Crippen LogP) is 0.741. The molecule has 0 aliphatic carbocycles. The molecule has 0 saturated heterocycles. The summed E-state index contributed by atoms with van der Waals surface area (Å²) in [6.45, 7) is 3.74. The highest BCUT2D eigenvalue weighted by Crippen LogP contribution is 1.94. The molecule has 0 aliphatic rings. The van der Waals surface area contributed by atoms with Crippen molar-refractivity contribution in [3.05, 3.63) is 6.92 Å². The quantitative estimate of drug-likeness (QED) is 0.377. The summed E-state index contributed by atoms with van der Waals surface area (Å²) < 4.78 is 0. The van der Waals surface area contributed by atoms with Gasteiger partial charge in [-0.25, -0.2) is 0 Å². The second-order valence-corrected chi connectivity index (χ2v) is 1.62. The molecule has 0 aliphatic heterocycles. The van der Waals surface area contributed by atoms with Crippen LogP contribution in [-0.4, -0.2) is 6.61 Å².